The molecular weight excluding hydrogens is 293 g/mol. The molecular formula is C17H14FN5. The van der Waals surface area contributed by atoms with Crippen LogP contribution in [0.5, 0.6) is 0 Å². The van der Waals surface area contributed by atoms with Gasteiger partial charge in [-0.3, -0.25) is 9.38 Å². The summed E-state index contributed by atoms with van der Waals surface area (Å²) < 4.78 is 15.3. The van der Waals surface area contributed by atoms with E-state index in [-0.39, 0.29) is 11.9 Å². The van der Waals surface area contributed by atoms with Crippen molar-refractivity contribution in [3.8, 4) is 0 Å². The molecule has 0 amide bonds. The number of fused-ring (bicyclic) bond motifs is 2. The van der Waals surface area contributed by atoms with E-state index in [4.69, 9.17) is 0 Å². The number of pyridine rings is 2. The third kappa shape index (κ3) is 2.38. The van der Waals surface area contributed by atoms with E-state index in [1.807, 2.05) is 41.8 Å². The van der Waals surface area contributed by atoms with Crippen molar-refractivity contribution in [2.24, 2.45) is 0 Å². The highest BCUT2D eigenvalue weighted by molar-refractivity contribution is 5.91. The Bertz CT molecular complexity index is 995. The fourth-order valence-electron chi connectivity index (χ4n) is 2.70. The molecule has 0 aliphatic carbocycles. The van der Waals surface area contributed by atoms with Crippen LogP contribution in [0.15, 0.2) is 54.9 Å². The quantitative estimate of drug-likeness (QED) is 0.628. The molecule has 6 heteroatoms. The lowest BCUT2D eigenvalue weighted by atomic mass is 10.1. The molecule has 0 saturated heterocycles. The first-order valence-electron chi connectivity index (χ1n) is 7.33. The summed E-state index contributed by atoms with van der Waals surface area (Å²) in [4.78, 5) is 4.21. The summed E-state index contributed by atoms with van der Waals surface area (Å²) in [6.07, 6.45) is 3.60. The van der Waals surface area contributed by atoms with Crippen LogP contribution < -0.4 is 5.32 Å². The number of nitrogens with zero attached hydrogens (tertiary/aromatic N) is 4. The summed E-state index contributed by atoms with van der Waals surface area (Å²) in [6, 6.07) is 12.2. The Hall–Kier alpha value is -3.02. The molecule has 0 radical (unpaired) electrons. The molecule has 1 atom stereocenters. The van der Waals surface area contributed by atoms with Crippen molar-refractivity contribution in [2.45, 2.75) is 13.0 Å². The molecule has 0 bridgehead atoms. The molecule has 0 aliphatic rings. The van der Waals surface area contributed by atoms with E-state index in [2.05, 4.69) is 20.5 Å². The van der Waals surface area contributed by atoms with Crippen LogP contribution in [-0.4, -0.2) is 19.6 Å². The Labute approximate surface area is 131 Å². The maximum absolute atomic E-state index is 13.3. The van der Waals surface area contributed by atoms with Crippen molar-refractivity contribution in [1.82, 2.24) is 19.6 Å². The third-order valence-corrected chi connectivity index (χ3v) is 3.80. The first-order valence-corrected chi connectivity index (χ1v) is 7.33. The molecule has 4 aromatic rings. The van der Waals surface area contributed by atoms with Gasteiger partial charge >= 0.3 is 0 Å². The minimum absolute atomic E-state index is 0.0666. The number of anilines is 1. The standard InChI is InChI=1S/C17H14FN5/c1-11(17-22-21-16-4-2-3-9-23(16)17)20-14-7-8-19-15-10-12(18)5-6-13(14)15/h2-11H,1H3,(H,19,20). The van der Waals surface area contributed by atoms with Crippen LogP contribution in [0.3, 0.4) is 0 Å². The maximum Gasteiger partial charge on any atom is 0.160 e. The highest BCUT2D eigenvalue weighted by Crippen LogP contribution is 2.26. The number of aromatic nitrogens is 4. The molecule has 1 unspecified atom stereocenters. The number of nitrogens with one attached hydrogen (secondary N) is 1. The van der Waals surface area contributed by atoms with Gasteiger partial charge in [-0.1, -0.05) is 6.07 Å². The first-order chi connectivity index (χ1) is 11.2. The minimum Gasteiger partial charge on any atom is -0.375 e. The summed E-state index contributed by atoms with van der Waals surface area (Å²) in [7, 11) is 0. The lowest BCUT2D eigenvalue weighted by Gasteiger charge is -2.15. The van der Waals surface area contributed by atoms with E-state index in [0.29, 0.717) is 5.52 Å². The van der Waals surface area contributed by atoms with Gasteiger partial charge in [0.15, 0.2) is 11.5 Å². The van der Waals surface area contributed by atoms with Gasteiger partial charge in [0.2, 0.25) is 0 Å². The number of hydrogen-bond donors (Lipinski definition) is 1. The van der Waals surface area contributed by atoms with E-state index >= 15 is 0 Å². The van der Waals surface area contributed by atoms with Crippen molar-refractivity contribution in [3.63, 3.8) is 0 Å². The number of benzene rings is 1. The fourth-order valence-corrected chi connectivity index (χ4v) is 2.70. The zero-order valence-electron chi connectivity index (χ0n) is 12.4. The van der Waals surface area contributed by atoms with Crippen LogP contribution >= 0.6 is 0 Å². The van der Waals surface area contributed by atoms with Crippen molar-refractivity contribution in [3.05, 3.63) is 66.5 Å². The lowest BCUT2D eigenvalue weighted by molar-refractivity contribution is 0.629. The van der Waals surface area contributed by atoms with Gasteiger partial charge in [-0.25, -0.2) is 4.39 Å². The molecule has 5 nitrogen and oxygen atoms in total. The van der Waals surface area contributed by atoms with Crippen LogP contribution in [0.2, 0.25) is 0 Å². The van der Waals surface area contributed by atoms with Crippen molar-refractivity contribution >= 4 is 22.2 Å². The highest BCUT2D eigenvalue weighted by Gasteiger charge is 2.14. The largest absolute Gasteiger partial charge is 0.375 e. The average Bonchev–Trinajstić information content (AvgIpc) is 2.99. The predicted molar refractivity (Wildman–Crippen MR) is 86.7 cm³/mol. The van der Waals surface area contributed by atoms with Gasteiger partial charge in [0, 0.05) is 29.5 Å². The SMILES string of the molecule is CC(Nc1ccnc2cc(F)ccc12)c1nnc2ccccn12. The molecule has 3 aromatic heterocycles. The van der Waals surface area contributed by atoms with Crippen molar-refractivity contribution < 1.29 is 4.39 Å². The first kappa shape index (κ1) is 13.6. The number of rotatable bonds is 3. The molecule has 0 saturated carbocycles. The van der Waals surface area contributed by atoms with E-state index in [0.717, 1.165) is 22.5 Å². The second-order valence-electron chi connectivity index (χ2n) is 5.37. The van der Waals surface area contributed by atoms with Gasteiger partial charge < -0.3 is 5.32 Å². The summed E-state index contributed by atoms with van der Waals surface area (Å²) >= 11 is 0. The Morgan fingerprint density at radius 3 is 2.96 bits per heavy atom. The topological polar surface area (TPSA) is 55.1 Å². The van der Waals surface area contributed by atoms with Crippen LogP contribution in [0.4, 0.5) is 10.1 Å². The molecule has 4 rings (SSSR count). The molecule has 23 heavy (non-hydrogen) atoms. The predicted octanol–water partition coefficient (Wildman–Crippen LogP) is 3.59. The molecule has 1 aromatic carbocycles. The van der Waals surface area contributed by atoms with Crippen LogP contribution in [0, 0.1) is 5.82 Å². The van der Waals surface area contributed by atoms with Gasteiger partial charge in [0.1, 0.15) is 5.82 Å². The molecule has 114 valence electrons. The molecule has 0 aliphatic heterocycles. The molecule has 0 fully saturated rings. The van der Waals surface area contributed by atoms with E-state index in [9.17, 15) is 4.39 Å². The second-order valence-corrected chi connectivity index (χ2v) is 5.37. The van der Waals surface area contributed by atoms with Gasteiger partial charge in [-0.2, -0.15) is 0 Å². The van der Waals surface area contributed by atoms with Crippen LogP contribution in [0.1, 0.15) is 18.8 Å². The van der Waals surface area contributed by atoms with Gasteiger partial charge in [-0.05, 0) is 37.3 Å². The van der Waals surface area contributed by atoms with Crippen LogP contribution in [0.25, 0.3) is 16.6 Å². The van der Waals surface area contributed by atoms with Crippen LogP contribution in [-0.2, 0) is 0 Å². The van der Waals surface area contributed by atoms with Gasteiger partial charge in [0.25, 0.3) is 0 Å². The summed E-state index contributed by atoms with van der Waals surface area (Å²) in [5, 5.41) is 12.7. The highest BCUT2D eigenvalue weighted by atomic mass is 19.1. The maximum atomic E-state index is 13.3. The van der Waals surface area contributed by atoms with E-state index in [1.165, 1.54) is 12.1 Å². The van der Waals surface area contributed by atoms with E-state index in [1.54, 1.807) is 12.3 Å². The molecule has 0 spiro atoms. The zero-order chi connectivity index (χ0) is 15.8. The Morgan fingerprint density at radius 1 is 1.13 bits per heavy atom. The summed E-state index contributed by atoms with van der Waals surface area (Å²) in [5.74, 6) is 0.520. The van der Waals surface area contributed by atoms with E-state index < -0.39 is 0 Å². The van der Waals surface area contributed by atoms with Gasteiger partial charge in [0.05, 0.1) is 11.6 Å². The minimum atomic E-state index is -0.293. The normalized spacial score (nSPS) is 12.6. The number of halogens is 1. The fraction of sp³-hybridized carbons (Fsp3) is 0.118. The molecule has 1 N–H and O–H groups in total. The molecule has 3 heterocycles. The van der Waals surface area contributed by atoms with Crippen molar-refractivity contribution in [1.29, 1.82) is 0 Å². The Morgan fingerprint density at radius 2 is 2.04 bits per heavy atom. The van der Waals surface area contributed by atoms with Gasteiger partial charge in [-0.15, -0.1) is 10.2 Å². The zero-order valence-corrected chi connectivity index (χ0v) is 12.4. The smallest absolute Gasteiger partial charge is 0.160 e. The lowest BCUT2D eigenvalue weighted by Crippen LogP contribution is -2.11. The monoisotopic (exact) mass is 307 g/mol. The summed E-state index contributed by atoms with van der Waals surface area (Å²) in [5.41, 5.74) is 2.31. The Kier molecular flexibility index (Phi) is 3.15. The average molecular weight is 307 g/mol. The Balaban J connectivity index is 1.73. The second kappa shape index (κ2) is 5.31. The van der Waals surface area contributed by atoms with Crippen molar-refractivity contribution in [2.75, 3.05) is 5.32 Å². The summed E-state index contributed by atoms with van der Waals surface area (Å²) in [6.45, 7) is 2.01. The number of hydrogen-bond acceptors (Lipinski definition) is 4. The third-order valence-electron chi connectivity index (χ3n) is 3.80.